The van der Waals surface area contributed by atoms with Gasteiger partial charge in [-0.1, -0.05) is 18.2 Å². The number of hydrogen-bond acceptors (Lipinski definition) is 3. The number of rotatable bonds is 2. The van der Waals surface area contributed by atoms with Crippen LogP contribution >= 0.6 is 11.8 Å². The highest BCUT2D eigenvalue weighted by atomic mass is 32.2. The first-order valence-corrected chi connectivity index (χ1v) is 7.29. The molecule has 1 amide bonds. The van der Waals surface area contributed by atoms with Gasteiger partial charge >= 0.3 is 0 Å². The molecule has 2 aromatic carbocycles. The van der Waals surface area contributed by atoms with Crippen LogP contribution in [0.4, 0.5) is 5.69 Å². The molecule has 1 aliphatic heterocycles. The Bertz CT molecular complexity index is 688. The van der Waals surface area contributed by atoms with E-state index in [0.717, 1.165) is 17.0 Å². The molecule has 2 aromatic rings. The number of benzene rings is 2. The molecule has 0 fully saturated rings. The van der Waals surface area contributed by atoms with Gasteiger partial charge in [0.15, 0.2) is 0 Å². The van der Waals surface area contributed by atoms with Crippen LogP contribution in [-0.4, -0.2) is 11.7 Å². The molecule has 3 nitrogen and oxygen atoms in total. The van der Waals surface area contributed by atoms with E-state index in [-0.39, 0.29) is 11.8 Å². The molecule has 0 bridgehead atoms. The number of nitrogens with one attached hydrogen (secondary N) is 1. The Morgan fingerprint density at radius 3 is 2.70 bits per heavy atom. The third-order valence-electron chi connectivity index (χ3n) is 3.30. The monoisotopic (exact) mass is 280 g/mol. The number of thioether (sulfide) groups is 1. The Labute approximate surface area is 121 Å². The molecule has 0 aliphatic carbocycles. The van der Waals surface area contributed by atoms with E-state index in [1.807, 2.05) is 18.2 Å². The lowest BCUT2D eigenvalue weighted by atomic mass is 10.0. The van der Waals surface area contributed by atoms with E-state index >= 15 is 0 Å². The zero-order valence-corrected chi connectivity index (χ0v) is 11.5. The van der Waals surface area contributed by atoms with E-state index in [9.17, 15) is 4.79 Å². The third kappa shape index (κ3) is 2.40. The van der Waals surface area contributed by atoms with Crippen LogP contribution in [0.5, 0.6) is 0 Å². The summed E-state index contributed by atoms with van der Waals surface area (Å²) < 4.78 is 0. The van der Waals surface area contributed by atoms with E-state index in [0.29, 0.717) is 5.56 Å². The van der Waals surface area contributed by atoms with E-state index in [2.05, 4.69) is 17.5 Å². The summed E-state index contributed by atoms with van der Waals surface area (Å²) >= 11 is 1.72. The smallest absolute Gasteiger partial charge is 0.232 e. The summed E-state index contributed by atoms with van der Waals surface area (Å²) in [5.41, 5.74) is 2.41. The van der Waals surface area contributed by atoms with E-state index in [1.54, 1.807) is 36.0 Å². The Morgan fingerprint density at radius 1 is 1.20 bits per heavy atom. The van der Waals surface area contributed by atoms with Gasteiger partial charge < -0.3 is 5.32 Å². The second-order valence-electron chi connectivity index (χ2n) is 4.58. The van der Waals surface area contributed by atoms with Crippen LogP contribution in [-0.2, 0) is 4.79 Å². The van der Waals surface area contributed by atoms with Gasteiger partial charge in [-0.25, -0.2) is 0 Å². The molecule has 0 aromatic heterocycles. The van der Waals surface area contributed by atoms with Crippen molar-refractivity contribution in [3.63, 3.8) is 0 Å². The predicted molar refractivity (Wildman–Crippen MR) is 79.7 cm³/mol. The van der Waals surface area contributed by atoms with Gasteiger partial charge in [-0.2, -0.15) is 5.26 Å². The lowest BCUT2D eigenvalue weighted by Gasteiger charge is -2.11. The number of amides is 1. The summed E-state index contributed by atoms with van der Waals surface area (Å²) in [5.74, 6) is 0.681. The molecule has 0 saturated heterocycles. The predicted octanol–water partition coefficient (Wildman–Crippen LogP) is 3.39. The molecular formula is C16H12N2OS. The van der Waals surface area contributed by atoms with Crippen molar-refractivity contribution < 1.29 is 4.79 Å². The number of nitriles is 1. The summed E-state index contributed by atoms with van der Waals surface area (Å²) in [6.07, 6.45) is 0. The fourth-order valence-corrected chi connectivity index (χ4v) is 3.47. The second-order valence-corrected chi connectivity index (χ2v) is 5.64. The van der Waals surface area contributed by atoms with Crippen molar-refractivity contribution in [3.05, 3.63) is 59.7 Å². The molecule has 1 aliphatic rings. The van der Waals surface area contributed by atoms with Crippen LogP contribution in [0.25, 0.3) is 0 Å². The lowest BCUT2D eigenvalue weighted by Crippen LogP contribution is -2.20. The highest BCUT2D eigenvalue weighted by Crippen LogP contribution is 2.39. The minimum Gasteiger partial charge on any atom is -0.326 e. The Balaban J connectivity index is 1.76. The Hall–Kier alpha value is -2.25. The van der Waals surface area contributed by atoms with Gasteiger partial charge in [-0.05, 0) is 35.9 Å². The van der Waals surface area contributed by atoms with E-state index in [1.165, 1.54) is 4.90 Å². The standard InChI is InChI=1S/C16H12N2OS/c17-9-11-5-7-12(8-6-11)18-16(19)14-10-20-15-4-2-1-3-13(14)15/h1-8,14H,10H2,(H,18,19). The van der Waals surface area contributed by atoms with Crippen molar-refractivity contribution in [2.45, 2.75) is 10.8 Å². The zero-order valence-electron chi connectivity index (χ0n) is 10.7. The highest BCUT2D eigenvalue weighted by Gasteiger charge is 2.28. The Kier molecular flexibility index (Phi) is 3.44. The number of nitrogens with zero attached hydrogens (tertiary/aromatic N) is 1. The average Bonchev–Trinajstić information content (AvgIpc) is 2.92. The minimum absolute atomic E-state index is 0.00663. The largest absolute Gasteiger partial charge is 0.326 e. The molecule has 1 heterocycles. The summed E-state index contributed by atoms with van der Waals surface area (Å²) in [6.45, 7) is 0. The summed E-state index contributed by atoms with van der Waals surface area (Å²) in [7, 11) is 0. The van der Waals surface area contributed by atoms with Crippen LogP contribution in [0.15, 0.2) is 53.4 Å². The summed E-state index contributed by atoms with van der Waals surface area (Å²) in [5, 5.41) is 11.7. The molecule has 20 heavy (non-hydrogen) atoms. The van der Waals surface area contributed by atoms with Crippen LogP contribution in [0.2, 0.25) is 0 Å². The average molecular weight is 280 g/mol. The normalized spacial score (nSPS) is 16.2. The third-order valence-corrected chi connectivity index (χ3v) is 4.48. The van der Waals surface area contributed by atoms with Crippen LogP contribution in [0.1, 0.15) is 17.0 Å². The number of fused-ring (bicyclic) bond motifs is 1. The summed E-state index contributed by atoms with van der Waals surface area (Å²) in [6, 6.07) is 17.0. The number of carbonyl (C=O) groups is 1. The Morgan fingerprint density at radius 2 is 1.95 bits per heavy atom. The van der Waals surface area contributed by atoms with Gasteiger partial charge in [0.05, 0.1) is 17.6 Å². The molecule has 1 atom stereocenters. The fourth-order valence-electron chi connectivity index (χ4n) is 2.24. The summed E-state index contributed by atoms with van der Waals surface area (Å²) in [4.78, 5) is 13.5. The molecule has 1 N–H and O–H groups in total. The van der Waals surface area contributed by atoms with Crippen molar-refractivity contribution in [1.82, 2.24) is 0 Å². The van der Waals surface area contributed by atoms with Gasteiger partial charge in [0, 0.05) is 16.3 Å². The molecule has 0 saturated carbocycles. The molecular weight excluding hydrogens is 268 g/mol. The fraction of sp³-hybridized carbons (Fsp3) is 0.125. The van der Waals surface area contributed by atoms with Crippen LogP contribution in [0, 0.1) is 11.3 Å². The van der Waals surface area contributed by atoms with Crippen LogP contribution < -0.4 is 5.32 Å². The maximum Gasteiger partial charge on any atom is 0.232 e. The highest BCUT2D eigenvalue weighted by molar-refractivity contribution is 7.99. The lowest BCUT2D eigenvalue weighted by molar-refractivity contribution is -0.117. The first-order valence-electron chi connectivity index (χ1n) is 6.30. The van der Waals surface area contributed by atoms with E-state index in [4.69, 9.17) is 5.26 Å². The molecule has 98 valence electrons. The molecule has 1 unspecified atom stereocenters. The zero-order chi connectivity index (χ0) is 13.9. The topological polar surface area (TPSA) is 52.9 Å². The van der Waals surface area contributed by atoms with Crippen molar-refractivity contribution in [3.8, 4) is 6.07 Å². The number of carbonyl (C=O) groups excluding carboxylic acids is 1. The first kappa shape index (κ1) is 12.8. The molecule has 0 spiro atoms. The maximum atomic E-state index is 12.3. The van der Waals surface area contributed by atoms with Gasteiger partial charge in [-0.3, -0.25) is 4.79 Å². The number of hydrogen-bond donors (Lipinski definition) is 1. The van der Waals surface area contributed by atoms with Crippen LogP contribution in [0.3, 0.4) is 0 Å². The van der Waals surface area contributed by atoms with Gasteiger partial charge in [0.25, 0.3) is 0 Å². The minimum atomic E-state index is -0.105. The van der Waals surface area contributed by atoms with Crippen molar-refractivity contribution in [2.75, 3.05) is 11.1 Å². The molecule has 4 heteroatoms. The van der Waals surface area contributed by atoms with Crippen molar-refractivity contribution >= 4 is 23.4 Å². The molecule has 3 rings (SSSR count). The SMILES string of the molecule is N#Cc1ccc(NC(=O)C2CSc3ccccc32)cc1. The van der Waals surface area contributed by atoms with Crippen molar-refractivity contribution in [2.24, 2.45) is 0 Å². The molecule has 0 radical (unpaired) electrons. The van der Waals surface area contributed by atoms with Gasteiger partial charge in [-0.15, -0.1) is 11.8 Å². The van der Waals surface area contributed by atoms with Gasteiger partial charge in [0.2, 0.25) is 5.91 Å². The second kappa shape index (κ2) is 5.40. The van der Waals surface area contributed by atoms with Gasteiger partial charge in [0.1, 0.15) is 0 Å². The maximum absolute atomic E-state index is 12.3. The number of anilines is 1. The van der Waals surface area contributed by atoms with E-state index < -0.39 is 0 Å². The first-order chi connectivity index (χ1) is 9.78. The quantitative estimate of drug-likeness (QED) is 0.917. The van der Waals surface area contributed by atoms with Crippen molar-refractivity contribution in [1.29, 1.82) is 5.26 Å².